The van der Waals surface area contributed by atoms with E-state index in [4.69, 9.17) is 9.47 Å². The van der Waals surface area contributed by atoms with Crippen LogP contribution in [0.15, 0.2) is 66.9 Å². The van der Waals surface area contributed by atoms with Gasteiger partial charge in [-0.1, -0.05) is 42.5 Å². The maximum absolute atomic E-state index is 13.1. The van der Waals surface area contributed by atoms with Crippen molar-refractivity contribution in [1.82, 2.24) is 4.98 Å². The maximum Gasteiger partial charge on any atom is 0.344 e. The van der Waals surface area contributed by atoms with Gasteiger partial charge in [-0.2, -0.15) is 0 Å². The van der Waals surface area contributed by atoms with Gasteiger partial charge in [0.25, 0.3) is 5.91 Å². The Balaban J connectivity index is 1.89. The van der Waals surface area contributed by atoms with Gasteiger partial charge in [-0.3, -0.25) is 4.79 Å². The molecule has 0 aliphatic carbocycles. The third kappa shape index (κ3) is 5.03. The lowest BCUT2D eigenvalue weighted by molar-refractivity contribution is -0.125. The molecule has 1 aromatic heterocycles. The Morgan fingerprint density at radius 2 is 1.80 bits per heavy atom. The van der Waals surface area contributed by atoms with Gasteiger partial charge >= 0.3 is 5.97 Å². The first-order valence-electron chi connectivity index (χ1n) is 9.71. The van der Waals surface area contributed by atoms with E-state index in [0.717, 1.165) is 11.1 Å². The van der Waals surface area contributed by atoms with Crippen LogP contribution in [0.1, 0.15) is 40.1 Å². The highest BCUT2D eigenvalue weighted by Crippen LogP contribution is 2.25. The average molecular weight is 404 g/mol. The van der Waals surface area contributed by atoms with Crippen molar-refractivity contribution in [2.75, 3.05) is 11.9 Å². The van der Waals surface area contributed by atoms with E-state index in [2.05, 4.69) is 10.3 Å². The second-order valence-corrected chi connectivity index (χ2v) is 6.79. The summed E-state index contributed by atoms with van der Waals surface area (Å²) >= 11 is 0. The van der Waals surface area contributed by atoms with Crippen LogP contribution >= 0.6 is 0 Å². The molecular formula is C24H24N2O4. The highest BCUT2D eigenvalue weighted by atomic mass is 16.6. The number of nitrogens with one attached hydrogen (secondary N) is 1. The number of benzene rings is 2. The van der Waals surface area contributed by atoms with Gasteiger partial charge in [0, 0.05) is 17.4 Å². The molecule has 3 aromatic rings. The van der Waals surface area contributed by atoms with Crippen molar-refractivity contribution < 1.29 is 19.1 Å². The summed E-state index contributed by atoms with van der Waals surface area (Å²) in [5.74, 6) is -0.951. The summed E-state index contributed by atoms with van der Waals surface area (Å²) in [5, 5.41) is 2.88. The molecule has 0 fully saturated rings. The topological polar surface area (TPSA) is 77.5 Å². The summed E-state index contributed by atoms with van der Waals surface area (Å²) in [4.78, 5) is 30.1. The number of esters is 1. The number of anilines is 1. The molecule has 1 atom stereocenters. The van der Waals surface area contributed by atoms with Crippen LogP contribution in [0.4, 0.5) is 5.69 Å². The fraction of sp³-hybridized carbons (Fsp3) is 0.208. The highest BCUT2D eigenvalue weighted by Gasteiger charge is 2.27. The number of aromatic nitrogens is 1. The summed E-state index contributed by atoms with van der Waals surface area (Å²) in [6, 6.07) is 17.9. The Morgan fingerprint density at radius 3 is 2.53 bits per heavy atom. The fourth-order valence-corrected chi connectivity index (χ4v) is 2.94. The molecule has 0 bridgehead atoms. The van der Waals surface area contributed by atoms with Crippen LogP contribution in [0.25, 0.3) is 0 Å². The first-order valence-corrected chi connectivity index (χ1v) is 9.71. The van der Waals surface area contributed by atoms with E-state index < -0.39 is 18.0 Å². The largest absolute Gasteiger partial charge is 0.477 e. The molecule has 0 spiro atoms. The minimum Gasteiger partial charge on any atom is -0.477 e. The van der Waals surface area contributed by atoms with Crippen molar-refractivity contribution in [1.29, 1.82) is 0 Å². The summed E-state index contributed by atoms with van der Waals surface area (Å²) in [7, 11) is 0. The third-order valence-electron chi connectivity index (χ3n) is 4.49. The molecule has 3 rings (SSSR count). The van der Waals surface area contributed by atoms with E-state index in [9.17, 15) is 9.59 Å². The second kappa shape index (κ2) is 9.69. The minimum atomic E-state index is -1.13. The Kier molecular flexibility index (Phi) is 6.80. The van der Waals surface area contributed by atoms with Crippen LogP contribution in [0.5, 0.6) is 5.88 Å². The number of rotatable bonds is 7. The van der Waals surface area contributed by atoms with E-state index in [0.29, 0.717) is 17.9 Å². The number of carbonyl (C=O) groups is 2. The van der Waals surface area contributed by atoms with Crippen molar-refractivity contribution in [3.8, 4) is 5.88 Å². The average Bonchev–Trinajstić information content (AvgIpc) is 2.75. The van der Waals surface area contributed by atoms with Crippen LogP contribution in [0.2, 0.25) is 0 Å². The Labute approximate surface area is 175 Å². The molecule has 6 heteroatoms. The number of hydrogen-bond donors (Lipinski definition) is 1. The first kappa shape index (κ1) is 21.0. The zero-order chi connectivity index (χ0) is 21.5. The van der Waals surface area contributed by atoms with Gasteiger partial charge in [-0.25, -0.2) is 9.78 Å². The molecule has 0 saturated heterocycles. The minimum absolute atomic E-state index is 0.166. The number of carbonyl (C=O) groups excluding carboxylic acids is 2. The normalized spacial score (nSPS) is 11.4. The Hall–Kier alpha value is -3.67. The van der Waals surface area contributed by atoms with Crippen LogP contribution in [-0.4, -0.2) is 23.5 Å². The lowest BCUT2D eigenvalue weighted by Crippen LogP contribution is -2.26. The predicted octanol–water partition coefficient (Wildman–Crippen LogP) is 4.63. The molecule has 0 aliphatic rings. The molecule has 6 nitrogen and oxygen atoms in total. The molecule has 30 heavy (non-hydrogen) atoms. The Morgan fingerprint density at radius 1 is 1.03 bits per heavy atom. The molecule has 0 saturated carbocycles. The standard InChI is InChI=1S/C24H24N2O4/c1-4-29-23-19(11-8-14-25-23)24(28)30-21(18-9-6-5-7-10-18)22(27)26-20-15-16(2)12-13-17(20)3/h5-15,21H,4H2,1-3H3,(H,26,27). The van der Waals surface area contributed by atoms with Crippen molar-refractivity contribution in [2.45, 2.75) is 26.9 Å². The summed E-state index contributed by atoms with van der Waals surface area (Å²) in [6.07, 6.45) is 0.400. The van der Waals surface area contributed by atoms with Crippen molar-refractivity contribution in [2.24, 2.45) is 0 Å². The highest BCUT2D eigenvalue weighted by molar-refractivity contribution is 5.99. The lowest BCUT2D eigenvalue weighted by atomic mass is 10.1. The number of hydrogen-bond acceptors (Lipinski definition) is 5. The van der Waals surface area contributed by atoms with Crippen molar-refractivity contribution >= 4 is 17.6 Å². The van der Waals surface area contributed by atoms with Crippen LogP contribution in [-0.2, 0) is 9.53 Å². The molecule has 2 aromatic carbocycles. The predicted molar refractivity (Wildman–Crippen MR) is 115 cm³/mol. The molecule has 1 heterocycles. The van der Waals surface area contributed by atoms with Gasteiger partial charge in [-0.15, -0.1) is 0 Å². The van der Waals surface area contributed by atoms with Crippen molar-refractivity contribution in [3.63, 3.8) is 0 Å². The van der Waals surface area contributed by atoms with Crippen molar-refractivity contribution in [3.05, 3.63) is 89.1 Å². The van der Waals surface area contributed by atoms with Gasteiger partial charge in [0.2, 0.25) is 12.0 Å². The number of nitrogens with zero attached hydrogens (tertiary/aromatic N) is 1. The molecule has 0 radical (unpaired) electrons. The number of aryl methyl sites for hydroxylation is 2. The second-order valence-electron chi connectivity index (χ2n) is 6.79. The van der Waals surface area contributed by atoms with Gasteiger partial charge in [0.05, 0.1) is 6.61 Å². The van der Waals surface area contributed by atoms with E-state index in [1.807, 2.05) is 38.1 Å². The molecule has 1 amide bonds. The van der Waals surface area contributed by atoms with E-state index in [-0.39, 0.29) is 11.4 Å². The third-order valence-corrected chi connectivity index (χ3v) is 4.49. The zero-order valence-corrected chi connectivity index (χ0v) is 17.2. The molecular weight excluding hydrogens is 380 g/mol. The quantitative estimate of drug-likeness (QED) is 0.581. The number of ether oxygens (including phenoxy) is 2. The Bertz CT molecular complexity index is 1030. The summed E-state index contributed by atoms with van der Waals surface area (Å²) < 4.78 is 11.1. The number of amides is 1. The monoisotopic (exact) mass is 404 g/mol. The van der Waals surface area contributed by atoms with E-state index in [1.165, 1.54) is 6.20 Å². The van der Waals surface area contributed by atoms with Gasteiger partial charge in [0.15, 0.2) is 0 Å². The molecule has 1 unspecified atom stereocenters. The van der Waals surface area contributed by atoms with Crippen LogP contribution in [0, 0.1) is 13.8 Å². The van der Waals surface area contributed by atoms with Crippen LogP contribution in [0.3, 0.4) is 0 Å². The van der Waals surface area contributed by atoms with Gasteiger partial charge < -0.3 is 14.8 Å². The van der Waals surface area contributed by atoms with Gasteiger partial charge in [-0.05, 0) is 50.1 Å². The zero-order valence-electron chi connectivity index (χ0n) is 17.2. The molecule has 154 valence electrons. The molecule has 1 N–H and O–H groups in total. The number of pyridine rings is 1. The smallest absolute Gasteiger partial charge is 0.344 e. The molecule has 0 aliphatic heterocycles. The summed E-state index contributed by atoms with van der Waals surface area (Å²) in [5.41, 5.74) is 3.34. The fourth-order valence-electron chi connectivity index (χ4n) is 2.94. The maximum atomic E-state index is 13.1. The first-order chi connectivity index (χ1) is 14.5. The SMILES string of the molecule is CCOc1ncccc1C(=O)OC(C(=O)Nc1cc(C)ccc1C)c1ccccc1. The van der Waals surface area contributed by atoms with E-state index >= 15 is 0 Å². The summed E-state index contributed by atoms with van der Waals surface area (Å²) in [6.45, 7) is 6.00. The van der Waals surface area contributed by atoms with Gasteiger partial charge in [0.1, 0.15) is 5.56 Å². The van der Waals surface area contributed by atoms with Crippen LogP contribution < -0.4 is 10.1 Å². The van der Waals surface area contributed by atoms with E-state index in [1.54, 1.807) is 43.3 Å². The lowest BCUT2D eigenvalue weighted by Gasteiger charge is -2.19.